The van der Waals surface area contributed by atoms with Crippen molar-refractivity contribution in [1.29, 1.82) is 0 Å². The number of nitrogens with one attached hydrogen (secondary N) is 6. The predicted molar refractivity (Wildman–Crippen MR) is 194 cm³/mol. The van der Waals surface area contributed by atoms with Crippen LogP contribution in [0.2, 0.25) is 0 Å². The number of imidazole rings is 1. The number of nitrogens with zero attached hydrogens (tertiary/aromatic N) is 1. The molecule has 298 valence electrons. The fourth-order valence-corrected chi connectivity index (χ4v) is 5.19. The Balaban J connectivity index is 2.34. The molecule has 2 rings (SSSR count). The molecule has 13 N–H and O–H groups in total. The highest BCUT2D eigenvalue weighted by molar-refractivity contribution is 5.96. The van der Waals surface area contributed by atoms with Gasteiger partial charge in [-0.15, -0.1) is 0 Å². The Labute approximate surface area is 312 Å². The lowest BCUT2D eigenvalue weighted by Gasteiger charge is -2.28. The predicted octanol–water partition coefficient (Wildman–Crippen LogP) is -2.12. The zero-order valence-corrected chi connectivity index (χ0v) is 30.6. The van der Waals surface area contributed by atoms with Crippen LogP contribution >= 0.6 is 0 Å². The fraction of sp³-hybridized carbons (Fsp3) is 0.543. The number of hydrogen-bond acceptors (Lipinski definition) is 12. The minimum Gasteiger partial charge on any atom is -0.508 e. The zero-order valence-electron chi connectivity index (χ0n) is 30.6. The summed E-state index contributed by atoms with van der Waals surface area (Å²) in [6.07, 6.45) is 2.00. The van der Waals surface area contributed by atoms with Crippen LogP contribution in [0.5, 0.6) is 5.75 Å². The van der Waals surface area contributed by atoms with Crippen molar-refractivity contribution in [2.24, 2.45) is 17.4 Å². The van der Waals surface area contributed by atoms with E-state index >= 15 is 0 Å². The number of amides is 5. The number of benzene rings is 1. The van der Waals surface area contributed by atoms with Gasteiger partial charge in [0.25, 0.3) is 0 Å². The molecule has 1 aromatic heterocycles. The van der Waals surface area contributed by atoms with Gasteiger partial charge < -0.3 is 63.1 Å². The molecule has 0 aliphatic rings. The van der Waals surface area contributed by atoms with Gasteiger partial charge >= 0.3 is 5.97 Å². The van der Waals surface area contributed by atoms with Gasteiger partial charge in [-0.05, 0) is 62.8 Å². The highest BCUT2D eigenvalue weighted by atomic mass is 16.4. The number of carboxylic acid groups (broad SMARTS) is 1. The molecule has 19 heteroatoms. The van der Waals surface area contributed by atoms with Crippen molar-refractivity contribution < 1.29 is 48.9 Å². The van der Waals surface area contributed by atoms with Crippen LogP contribution in [0.4, 0.5) is 0 Å². The third-order valence-electron chi connectivity index (χ3n) is 8.44. The van der Waals surface area contributed by atoms with E-state index in [0.29, 0.717) is 36.9 Å². The Morgan fingerprint density at radius 1 is 0.815 bits per heavy atom. The lowest BCUT2D eigenvalue weighted by molar-refractivity contribution is -0.138. The van der Waals surface area contributed by atoms with Crippen LogP contribution in [0.25, 0.3) is 0 Å². The molecule has 0 aliphatic heterocycles. The van der Waals surface area contributed by atoms with Crippen LogP contribution in [0.1, 0.15) is 64.1 Å². The molecular formula is C35H53N9O10. The summed E-state index contributed by atoms with van der Waals surface area (Å²) in [5.74, 6) is -5.87. The normalized spacial score (nSPS) is 15.0. The lowest BCUT2D eigenvalue weighted by atomic mass is 10.0. The summed E-state index contributed by atoms with van der Waals surface area (Å²) in [6.45, 7) is 4.90. The third kappa shape index (κ3) is 15.3. The number of aliphatic hydroxyl groups is 1. The first-order valence-electron chi connectivity index (χ1n) is 17.6. The van der Waals surface area contributed by atoms with E-state index in [0.717, 1.165) is 0 Å². The SMILES string of the molecule is CC(C)[C@H](N)C(=O)N[C@@H](CCC(=O)O)C(=O)N[C@@H](Cc1ccc(O)cc1)C(=O)N[C@H](C(=O)N[C@@H](CCCCN)C(=O)N[C@H](C=O)Cc1cnc[nH]1)[C@@H](C)O. The average molecular weight is 760 g/mol. The fourth-order valence-electron chi connectivity index (χ4n) is 5.19. The van der Waals surface area contributed by atoms with E-state index < -0.39 is 84.3 Å². The molecule has 0 fully saturated rings. The second-order valence-electron chi connectivity index (χ2n) is 13.3. The molecule has 0 aliphatic carbocycles. The highest BCUT2D eigenvalue weighted by Gasteiger charge is 2.34. The number of phenols is 1. The number of nitrogens with two attached hydrogens (primary N) is 2. The number of aromatic amines is 1. The van der Waals surface area contributed by atoms with Crippen LogP contribution < -0.4 is 38.1 Å². The van der Waals surface area contributed by atoms with Crippen molar-refractivity contribution in [2.45, 2.75) is 108 Å². The monoisotopic (exact) mass is 759 g/mol. The van der Waals surface area contributed by atoms with Crippen molar-refractivity contribution in [1.82, 2.24) is 36.6 Å². The number of aldehydes is 1. The molecule has 0 unspecified atom stereocenters. The van der Waals surface area contributed by atoms with Crippen LogP contribution in [0.15, 0.2) is 36.8 Å². The molecule has 1 heterocycles. The molecule has 0 saturated carbocycles. The number of hydrogen-bond donors (Lipinski definition) is 11. The van der Waals surface area contributed by atoms with E-state index in [2.05, 4.69) is 36.6 Å². The largest absolute Gasteiger partial charge is 0.508 e. The van der Waals surface area contributed by atoms with Crippen LogP contribution in [-0.2, 0) is 46.4 Å². The number of aromatic hydroxyl groups is 1. The van der Waals surface area contributed by atoms with Crippen LogP contribution in [-0.4, -0.2) is 116 Å². The van der Waals surface area contributed by atoms with E-state index in [1.807, 2.05) is 0 Å². The molecule has 5 amide bonds. The minimum atomic E-state index is -1.65. The Morgan fingerprint density at radius 3 is 1.96 bits per heavy atom. The lowest BCUT2D eigenvalue weighted by Crippen LogP contribution is -2.61. The van der Waals surface area contributed by atoms with Crippen molar-refractivity contribution in [3.63, 3.8) is 0 Å². The summed E-state index contributed by atoms with van der Waals surface area (Å²) in [7, 11) is 0. The number of H-pyrrole nitrogens is 1. The summed E-state index contributed by atoms with van der Waals surface area (Å²) in [5, 5.41) is 42.2. The molecule has 54 heavy (non-hydrogen) atoms. The maximum Gasteiger partial charge on any atom is 0.303 e. The second-order valence-corrected chi connectivity index (χ2v) is 13.3. The van der Waals surface area contributed by atoms with E-state index in [1.54, 1.807) is 13.8 Å². The number of aliphatic carboxylic acids is 1. The second kappa shape index (κ2) is 22.6. The zero-order chi connectivity index (χ0) is 40.4. The number of aromatic nitrogens is 2. The van der Waals surface area contributed by atoms with Gasteiger partial charge in [0, 0.05) is 31.2 Å². The van der Waals surface area contributed by atoms with Gasteiger partial charge in [-0.3, -0.25) is 28.8 Å². The van der Waals surface area contributed by atoms with E-state index in [4.69, 9.17) is 11.5 Å². The first kappa shape index (κ1) is 44.8. The van der Waals surface area contributed by atoms with Gasteiger partial charge in [0.05, 0.1) is 24.5 Å². The topological polar surface area (TPSA) is 321 Å². The van der Waals surface area contributed by atoms with Gasteiger partial charge in [0.15, 0.2) is 0 Å². The maximum absolute atomic E-state index is 13.8. The average Bonchev–Trinajstić information content (AvgIpc) is 3.64. The van der Waals surface area contributed by atoms with Crippen molar-refractivity contribution in [2.75, 3.05) is 6.54 Å². The number of rotatable bonds is 24. The Morgan fingerprint density at radius 2 is 1.41 bits per heavy atom. The number of aliphatic hydroxyl groups excluding tert-OH is 1. The number of carbonyl (C=O) groups is 7. The molecular weight excluding hydrogens is 706 g/mol. The maximum atomic E-state index is 13.8. The van der Waals surface area contributed by atoms with Gasteiger partial charge in [0.2, 0.25) is 29.5 Å². The molecule has 19 nitrogen and oxygen atoms in total. The van der Waals surface area contributed by atoms with Gasteiger partial charge in [-0.25, -0.2) is 4.98 Å². The summed E-state index contributed by atoms with van der Waals surface area (Å²) < 4.78 is 0. The van der Waals surface area contributed by atoms with E-state index in [1.165, 1.54) is 43.7 Å². The van der Waals surface area contributed by atoms with Crippen LogP contribution in [0.3, 0.4) is 0 Å². The number of carbonyl (C=O) groups excluding carboxylic acids is 6. The molecule has 0 saturated heterocycles. The summed E-state index contributed by atoms with van der Waals surface area (Å²) in [5.41, 5.74) is 12.6. The summed E-state index contributed by atoms with van der Waals surface area (Å²) in [4.78, 5) is 96.9. The number of carboxylic acids is 1. The number of phenolic OH excluding ortho intramolecular Hbond substituents is 1. The summed E-state index contributed by atoms with van der Waals surface area (Å²) in [6, 6.07) is -2.05. The molecule has 1 aromatic carbocycles. The standard InChI is InChI=1S/C35H53N9O10/c1-19(2)29(37)34(53)41-26(11-12-28(48)49)32(51)43-27(14-21-7-9-24(47)10-8-21)33(52)44-30(20(3)46)35(54)42-25(6-4-5-13-36)31(50)40-23(17-45)15-22-16-38-18-39-22/h7-10,16-20,23,25-27,29-30,46-47H,4-6,11-15,36-37H2,1-3H3,(H,38,39)(H,40,50)(H,41,53)(H,42,54)(H,43,51)(H,44,52)(H,48,49)/t20-,23+,25+,26+,27+,29+,30+/m1/s1. The first-order chi connectivity index (χ1) is 25.6. The first-order valence-corrected chi connectivity index (χ1v) is 17.6. The number of unbranched alkanes of at least 4 members (excludes halogenated alkanes) is 1. The minimum absolute atomic E-state index is 0.0709. The van der Waals surface area contributed by atoms with Gasteiger partial charge in [-0.1, -0.05) is 26.0 Å². The van der Waals surface area contributed by atoms with Crippen LogP contribution in [0, 0.1) is 5.92 Å². The Kier molecular flexibility index (Phi) is 18.7. The molecule has 7 atom stereocenters. The molecule has 0 spiro atoms. The smallest absolute Gasteiger partial charge is 0.303 e. The molecule has 0 radical (unpaired) electrons. The van der Waals surface area contributed by atoms with Gasteiger partial charge in [0.1, 0.15) is 36.2 Å². The molecule has 2 aromatic rings. The third-order valence-corrected chi connectivity index (χ3v) is 8.44. The molecule has 0 bridgehead atoms. The van der Waals surface area contributed by atoms with Crippen molar-refractivity contribution >= 4 is 41.8 Å². The quantitative estimate of drug-likeness (QED) is 0.0404. The van der Waals surface area contributed by atoms with Gasteiger partial charge in [-0.2, -0.15) is 0 Å². The van der Waals surface area contributed by atoms with E-state index in [9.17, 15) is 48.9 Å². The van der Waals surface area contributed by atoms with Crippen molar-refractivity contribution in [3.8, 4) is 5.75 Å². The highest BCUT2D eigenvalue weighted by Crippen LogP contribution is 2.13. The Bertz CT molecular complexity index is 1540. The van der Waals surface area contributed by atoms with Crippen molar-refractivity contribution in [3.05, 3.63) is 48.0 Å². The summed E-state index contributed by atoms with van der Waals surface area (Å²) >= 11 is 0. The Hall–Kier alpha value is -5.40. The van der Waals surface area contributed by atoms with E-state index in [-0.39, 0.29) is 37.4 Å².